The summed E-state index contributed by atoms with van der Waals surface area (Å²) in [5.74, 6) is 0. The van der Waals surface area contributed by atoms with Crippen LogP contribution in [0.2, 0.25) is 0 Å². The predicted molar refractivity (Wildman–Crippen MR) is 109 cm³/mol. The molecule has 26 heavy (non-hydrogen) atoms. The number of fused-ring (bicyclic) bond motifs is 1. The largest absolute Gasteiger partial charge is 0.384 e. The maximum absolute atomic E-state index is 4.08. The van der Waals surface area contributed by atoms with Crippen molar-refractivity contribution in [1.29, 1.82) is 0 Å². The molecule has 4 rings (SSSR count). The Kier molecular flexibility index (Phi) is 4.69. The van der Waals surface area contributed by atoms with Gasteiger partial charge in [-0.05, 0) is 66.3 Å². The molecular formula is C23H23N3. The van der Waals surface area contributed by atoms with Crippen LogP contribution in [0.5, 0.6) is 0 Å². The fourth-order valence-corrected chi connectivity index (χ4v) is 3.44. The van der Waals surface area contributed by atoms with E-state index in [-0.39, 0.29) is 0 Å². The van der Waals surface area contributed by atoms with E-state index in [1.165, 1.54) is 38.8 Å². The molecule has 2 heterocycles. The van der Waals surface area contributed by atoms with Crippen molar-refractivity contribution in [2.75, 3.05) is 11.9 Å². The first-order valence-corrected chi connectivity index (χ1v) is 9.07. The number of anilines is 1. The molecule has 0 aliphatic heterocycles. The van der Waals surface area contributed by atoms with Crippen LogP contribution in [0.1, 0.15) is 22.3 Å². The molecule has 0 aliphatic carbocycles. The van der Waals surface area contributed by atoms with Crippen molar-refractivity contribution in [2.45, 2.75) is 19.8 Å². The number of para-hydroxylation sites is 1. The number of aromatic nitrogens is 2. The SMILES string of the molecule is Cc1cc(Cc2ccncc2)ccc1NCCc1c[nH]c2ccccc12. The minimum absolute atomic E-state index is 0.923. The highest BCUT2D eigenvalue weighted by Gasteiger charge is 2.04. The first-order valence-electron chi connectivity index (χ1n) is 9.07. The van der Waals surface area contributed by atoms with Gasteiger partial charge in [-0.3, -0.25) is 4.98 Å². The molecule has 0 spiro atoms. The number of nitrogens with one attached hydrogen (secondary N) is 2. The van der Waals surface area contributed by atoms with E-state index in [1.54, 1.807) is 0 Å². The van der Waals surface area contributed by atoms with E-state index in [0.717, 1.165) is 19.4 Å². The summed E-state index contributed by atoms with van der Waals surface area (Å²) in [7, 11) is 0. The van der Waals surface area contributed by atoms with Crippen LogP contribution in [0.4, 0.5) is 5.69 Å². The lowest BCUT2D eigenvalue weighted by Gasteiger charge is -2.11. The van der Waals surface area contributed by atoms with Crippen molar-refractivity contribution >= 4 is 16.6 Å². The third-order valence-corrected chi connectivity index (χ3v) is 4.83. The van der Waals surface area contributed by atoms with Gasteiger partial charge in [0.2, 0.25) is 0 Å². The molecule has 2 N–H and O–H groups in total. The van der Waals surface area contributed by atoms with Crippen molar-refractivity contribution in [2.24, 2.45) is 0 Å². The van der Waals surface area contributed by atoms with Crippen molar-refractivity contribution < 1.29 is 0 Å². The first kappa shape index (κ1) is 16.4. The number of benzene rings is 2. The second-order valence-electron chi connectivity index (χ2n) is 6.72. The van der Waals surface area contributed by atoms with E-state index in [2.05, 4.69) is 83.0 Å². The molecule has 0 bridgehead atoms. The number of rotatable bonds is 6. The average molecular weight is 341 g/mol. The molecule has 3 nitrogen and oxygen atoms in total. The minimum Gasteiger partial charge on any atom is -0.384 e. The Bertz CT molecular complexity index is 1000. The second kappa shape index (κ2) is 7.44. The molecule has 0 fully saturated rings. The molecule has 0 aliphatic rings. The van der Waals surface area contributed by atoms with Crippen molar-refractivity contribution in [3.8, 4) is 0 Å². The van der Waals surface area contributed by atoms with Gasteiger partial charge in [-0.25, -0.2) is 0 Å². The fraction of sp³-hybridized carbons (Fsp3) is 0.174. The van der Waals surface area contributed by atoms with Gasteiger partial charge in [0.05, 0.1) is 0 Å². The van der Waals surface area contributed by atoms with Crippen LogP contribution in [-0.2, 0) is 12.8 Å². The highest BCUT2D eigenvalue weighted by molar-refractivity contribution is 5.83. The first-order chi connectivity index (χ1) is 12.8. The monoisotopic (exact) mass is 341 g/mol. The van der Waals surface area contributed by atoms with Crippen LogP contribution >= 0.6 is 0 Å². The lowest BCUT2D eigenvalue weighted by Crippen LogP contribution is -2.06. The zero-order valence-corrected chi connectivity index (χ0v) is 15.0. The van der Waals surface area contributed by atoms with Crippen LogP contribution in [0.3, 0.4) is 0 Å². The molecule has 0 unspecified atom stereocenters. The normalized spacial score (nSPS) is 11.0. The van der Waals surface area contributed by atoms with Crippen LogP contribution in [0, 0.1) is 6.92 Å². The van der Waals surface area contributed by atoms with Gasteiger partial charge in [0, 0.05) is 41.7 Å². The minimum atomic E-state index is 0.923. The predicted octanol–water partition coefficient (Wildman–Crippen LogP) is 5.12. The summed E-state index contributed by atoms with van der Waals surface area (Å²) in [5.41, 5.74) is 7.69. The molecule has 3 heteroatoms. The topological polar surface area (TPSA) is 40.7 Å². The average Bonchev–Trinajstić information content (AvgIpc) is 3.08. The Morgan fingerprint density at radius 1 is 0.962 bits per heavy atom. The quantitative estimate of drug-likeness (QED) is 0.511. The zero-order chi connectivity index (χ0) is 17.8. The summed E-state index contributed by atoms with van der Waals surface area (Å²) >= 11 is 0. The fourth-order valence-electron chi connectivity index (χ4n) is 3.44. The number of nitrogens with zero attached hydrogens (tertiary/aromatic N) is 1. The van der Waals surface area contributed by atoms with Gasteiger partial charge < -0.3 is 10.3 Å². The summed E-state index contributed by atoms with van der Waals surface area (Å²) in [5, 5.41) is 4.90. The Labute approximate surface area is 154 Å². The Morgan fingerprint density at radius 3 is 2.65 bits per heavy atom. The van der Waals surface area contributed by atoms with E-state index in [4.69, 9.17) is 0 Å². The van der Waals surface area contributed by atoms with E-state index in [9.17, 15) is 0 Å². The smallest absolute Gasteiger partial charge is 0.0456 e. The number of pyridine rings is 1. The zero-order valence-electron chi connectivity index (χ0n) is 15.0. The summed E-state index contributed by atoms with van der Waals surface area (Å²) in [6, 6.07) is 19.3. The summed E-state index contributed by atoms with van der Waals surface area (Å²) < 4.78 is 0. The van der Waals surface area contributed by atoms with Crippen molar-refractivity contribution in [3.63, 3.8) is 0 Å². The van der Waals surface area contributed by atoms with Gasteiger partial charge in [-0.2, -0.15) is 0 Å². The third kappa shape index (κ3) is 3.62. The number of hydrogen-bond acceptors (Lipinski definition) is 2. The highest BCUT2D eigenvalue weighted by Crippen LogP contribution is 2.21. The van der Waals surface area contributed by atoms with E-state index >= 15 is 0 Å². The molecule has 0 saturated heterocycles. The van der Waals surface area contributed by atoms with Gasteiger partial charge >= 0.3 is 0 Å². The van der Waals surface area contributed by atoms with Gasteiger partial charge in [0.1, 0.15) is 0 Å². The van der Waals surface area contributed by atoms with Crippen molar-refractivity contribution in [1.82, 2.24) is 9.97 Å². The second-order valence-corrected chi connectivity index (χ2v) is 6.72. The van der Waals surface area contributed by atoms with E-state index in [0.29, 0.717) is 0 Å². The Hall–Kier alpha value is -3.07. The van der Waals surface area contributed by atoms with Crippen LogP contribution in [0.25, 0.3) is 10.9 Å². The third-order valence-electron chi connectivity index (χ3n) is 4.83. The van der Waals surface area contributed by atoms with Crippen LogP contribution < -0.4 is 5.32 Å². The molecule has 0 amide bonds. The van der Waals surface area contributed by atoms with Gasteiger partial charge in [-0.1, -0.05) is 30.3 Å². The van der Waals surface area contributed by atoms with Gasteiger partial charge in [0.15, 0.2) is 0 Å². The maximum atomic E-state index is 4.08. The number of aryl methyl sites for hydroxylation is 1. The number of aromatic amines is 1. The Balaban J connectivity index is 1.39. The maximum Gasteiger partial charge on any atom is 0.0456 e. The van der Waals surface area contributed by atoms with Crippen LogP contribution in [-0.4, -0.2) is 16.5 Å². The molecule has 4 aromatic rings. The number of hydrogen-bond donors (Lipinski definition) is 2. The molecule has 2 aromatic carbocycles. The molecule has 130 valence electrons. The molecule has 0 radical (unpaired) electrons. The van der Waals surface area contributed by atoms with Crippen molar-refractivity contribution in [3.05, 3.63) is 95.4 Å². The lowest BCUT2D eigenvalue weighted by atomic mass is 10.0. The molecule has 0 atom stereocenters. The summed E-state index contributed by atoms with van der Waals surface area (Å²) in [4.78, 5) is 7.43. The molecule has 0 saturated carbocycles. The van der Waals surface area contributed by atoms with E-state index < -0.39 is 0 Å². The Morgan fingerprint density at radius 2 is 1.81 bits per heavy atom. The van der Waals surface area contributed by atoms with Gasteiger partial charge in [-0.15, -0.1) is 0 Å². The number of H-pyrrole nitrogens is 1. The summed E-state index contributed by atoms with van der Waals surface area (Å²) in [6.45, 7) is 3.09. The summed E-state index contributed by atoms with van der Waals surface area (Å²) in [6.07, 6.45) is 7.77. The van der Waals surface area contributed by atoms with Crippen LogP contribution in [0.15, 0.2) is 73.2 Å². The highest BCUT2D eigenvalue weighted by atomic mass is 14.9. The molecular weight excluding hydrogens is 318 g/mol. The standard InChI is InChI=1S/C23H23N3/c1-17-14-19(15-18-8-11-24-12-9-18)6-7-22(17)25-13-10-20-16-26-23-5-3-2-4-21(20)23/h2-9,11-12,14,16,25-26H,10,13,15H2,1H3. The lowest BCUT2D eigenvalue weighted by molar-refractivity contribution is 1.02. The van der Waals surface area contributed by atoms with Gasteiger partial charge in [0.25, 0.3) is 0 Å². The molecule has 2 aromatic heterocycles. The van der Waals surface area contributed by atoms with E-state index in [1.807, 2.05) is 12.4 Å².